The number of hydrogen-bond acceptors (Lipinski definition) is 5. The Hall–Kier alpha value is -2.50. The molecular formula is C16H21N5O. The molecule has 2 aromatic rings. The van der Waals surface area contributed by atoms with Crippen LogP contribution in [0.4, 0.5) is 5.82 Å². The summed E-state index contributed by atoms with van der Waals surface area (Å²) in [5, 5.41) is 7.21. The Morgan fingerprint density at radius 3 is 2.82 bits per heavy atom. The van der Waals surface area contributed by atoms with E-state index in [-0.39, 0.29) is 12.1 Å². The smallest absolute Gasteiger partial charge is 0.211 e. The Bertz CT molecular complexity index is 637. The van der Waals surface area contributed by atoms with E-state index in [4.69, 9.17) is 4.74 Å². The number of hydrogen-bond donors (Lipinski definition) is 1. The molecule has 1 aliphatic heterocycles. The van der Waals surface area contributed by atoms with Crippen LogP contribution in [0.25, 0.3) is 0 Å². The van der Waals surface area contributed by atoms with Gasteiger partial charge in [0.2, 0.25) is 5.88 Å². The van der Waals surface area contributed by atoms with Gasteiger partial charge in [0.15, 0.2) is 5.82 Å². The van der Waals surface area contributed by atoms with Crippen LogP contribution in [0.2, 0.25) is 0 Å². The zero-order valence-corrected chi connectivity index (χ0v) is 13.1. The second kappa shape index (κ2) is 6.09. The number of aromatic nitrogens is 3. The molecule has 1 atom stereocenters. The Kier molecular flexibility index (Phi) is 4.00. The minimum absolute atomic E-state index is 0.128. The van der Waals surface area contributed by atoms with Crippen molar-refractivity contribution < 1.29 is 4.74 Å². The van der Waals surface area contributed by atoms with Gasteiger partial charge in [-0.15, -0.1) is 0 Å². The molecule has 0 amide bonds. The van der Waals surface area contributed by atoms with Gasteiger partial charge in [-0.2, -0.15) is 5.10 Å². The highest BCUT2D eigenvalue weighted by molar-refractivity contribution is 5.45. The van der Waals surface area contributed by atoms with E-state index in [0.29, 0.717) is 5.88 Å². The third-order valence-electron chi connectivity index (χ3n) is 3.56. The average Bonchev–Trinajstić information content (AvgIpc) is 3.15. The summed E-state index contributed by atoms with van der Waals surface area (Å²) in [6, 6.07) is 8.12. The number of anilines is 1. The van der Waals surface area contributed by atoms with Gasteiger partial charge in [-0.25, -0.2) is 5.10 Å². The molecule has 0 bridgehead atoms. The van der Waals surface area contributed by atoms with Crippen molar-refractivity contribution in [2.24, 2.45) is 0 Å². The third-order valence-corrected chi connectivity index (χ3v) is 3.56. The first-order valence-corrected chi connectivity index (χ1v) is 7.47. The van der Waals surface area contributed by atoms with Crippen molar-refractivity contribution in [3.8, 4) is 5.88 Å². The minimum atomic E-state index is 0.128. The van der Waals surface area contributed by atoms with Gasteiger partial charge in [0.05, 0.1) is 24.5 Å². The summed E-state index contributed by atoms with van der Waals surface area (Å²) in [4.78, 5) is 8.72. The molecule has 0 fully saturated rings. The van der Waals surface area contributed by atoms with Crippen LogP contribution in [0.5, 0.6) is 5.88 Å². The van der Waals surface area contributed by atoms with E-state index in [9.17, 15) is 0 Å². The zero-order valence-electron chi connectivity index (χ0n) is 13.1. The molecule has 3 heterocycles. The highest BCUT2D eigenvalue weighted by Gasteiger charge is 2.22. The standard InChI is InChI=1S/C16H21N5O/c1-12(2)22-16-10-15(18-19-16)21-9-8-20(11-21)13(3)14-6-4-5-7-17-14/h4-10,12-13H,11H2,1-3H3,(H,18,19)/t13-/m0/s1. The van der Waals surface area contributed by atoms with Crippen molar-refractivity contribution in [2.45, 2.75) is 32.9 Å². The quantitative estimate of drug-likeness (QED) is 0.920. The fourth-order valence-electron chi connectivity index (χ4n) is 2.39. The van der Waals surface area contributed by atoms with Crippen LogP contribution in [-0.2, 0) is 0 Å². The SMILES string of the molecule is CC(C)Oc1cc(N2C=CN([C@@H](C)c3ccccn3)C2)n[nH]1. The predicted octanol–water partition coefficient (Wildman–Crippen LogP) is 2.90. The third kappa shape index (κ3) is 3.05. The van der Waals surface area contributed by atoms with Crippen molar-refractivity contribution >= 4 is 5.82 Å². The van der Waals surface area contributed by atoms with Gasteiger partial charge in [0.1, 0.15) is 0 Å². The summed E-state index contributed by atoms with van der Waals surface area (Å²) in [6.07, 6.45) is 6.04. The lowest BCUT2D eigenvalue weighted by Gasteiger charge is -2.25. The molecule has 0 unspecified atom stereocenters. The highest BCUT2D eigenvalue weighted by atomic mass is 16.5. The Labute approximate surface area is 130 Å². The van der Waals surface area contributed by atoms with Gasteiger partial charge < -0.3 is 14.5 Å². The van der Waals surface area contributed by atoms with E-state index >= 15 is 0 Å². The van der Waals surface area contributed by atoms with Crippen LogP contribution in [0.15, 0.2) is 42.9 Å². The molecule has 0 aliphatic carbocycles. The van der Waals surface area contributed by atoms with E-state index in [1.54, 1.807) is 0 Å². The van der Waals surface area contributed by atoms with E-state index in [1.807, 2.05) is 50.5 Å². The Morgan fingerprint density at radius 2 is 2.09 bits per heavy atom. The molecule has 0 spiro atoms. The van der Waals surface area contributed by atoms with Crippen molar-refractivity contribution in [1.29, 1.82) is 0 Å². The molecular weight excluding hydrogens is 278 g/mol. The number of nitrogens with one attached hydrogen (secondary N) is 1. The molecule has 6 heteroatoms. The topological polar surface area (TPSA) is 57.3 Å². The average molecular weight is 299 g/mol. The second-order valence-electron chi connectivity index (χ2n) is 5.61. The van der Waals surface area contributed by atoms with Crippen LogP contribution < -0.4 is 9.64 Å². The van der Waals surface area contributed by atoms with Gasteiger partial charge in [-0.05, 0) is 32.9 Å². The number of nitrogens with zero attached hydrogens (tertiary/aromatic N) is 4. The van der Waals surface area contributed by atoms with Gasteiger partial charge in [0, 0.05) is 24.7 Å². The summed E-state index contributed by atoms with van der Waals surface area (Å²) in [5.74, 6) is 1.54. The largest absolute Gasteiger partial charge is 0.475 e. The summed E-state index contributed by atoms with van der Waals surface area (Å²) in [6.45, 7) is 6.87. The van der Waals surface area contributed by atoms with Crippen molar-refractivity contribution in [1.82, 2.24) is 20.1 Å². The lowest BCUT2D eigenvalue weighted by atomic mass is 10.2. The summed E-state index contributed by atoms with van der Waals surface area (Å²) >= 11 is 0. The summed E-state index contributed by atoms with van der Waals surface area (Å²) in [7, 11) is 0. The van der Waals surface area contributed by atoms with Gasteiger partial charge in [-0.1, -0.05) is 6.07 Å². The van der Waals surface area contributed by atoms with Crippen LogP contribution in [0.1, 0.15) is 32.5 Å². The van der Waals surface area contributed by atoms with Crippen LogP contribution in [0.3, 0.4) is 0 Å². The first-order chi connectivity index (χ1) is 10.6. The van der Waals surface area contributed by atoms with Crippen LogP contribution in [0, 0.1) is 0 Å². The lowest BCUT2D eigenvalue weighted by molar-refractivity contribution is 0.232. The number of pyridine rings is 1. The maximum atomic E-state index is 5.61. The lowest BCUT2D eigenvalue weighted by Crippen LogP contribution is -2.27. The fourth-order valence-corrected chi connectivity index (χ4v) is 2.39. The second-order valence-corrected chi connectivity index (χ2v) is 5.61. The van der Waals surface area contributed by atoms with Crippen LogP contribution >= 0.6 is 0 Å². The first-order valence-electron chi connectivity index (χ1n) is 7.47. The molecule has 1 aliphatic rings. The molecule has 0 aromatic carbocycles. The van der Waals surface area contributed by atoms with Crippen molar-refractivity contribution in [3.05, 3.63) is 48.6 Å². The Balaban J connectivity index is 1.65. The summed E-state index contributed by atoms with van der Waals surface area (Å²) in [5.41, 5.74) is 1.06. The molecule has 3 rings (SSSR count). The molecule has 22 heavy (non-hydrogen) atoms. The number of H-pyrrole nitrogens is 1. The monoisotopic (exact) mass is 299 g/mol. The molecule has 1 N–H and O–H groups in total. The fraction of sp³-hybridized carbons (Fsp3) is 0.375. The van der Waals surface area contributed by atoms with Crippen LogP contribution in [-0.4, -0.2) is 32.9 Å². The minimum Gasteiger partial charge on any atom is -0.475 e. The van der Waals surface area contributed by atoms with Crippen molar-refractivity contribution in [2.75, 3.05) is 11.6 Å². The van der Waals surface area contributed by atoms with Crippen molar-refractivity contribution in [3.63, 3.8) is 0 Å². The van der Waals surface area contributed by atoms with Gasteiger partial charge >= 0.3 is 0 Å². The van der Waals surface area contributed by atoms with E-state index in [1.165, 1.54) is 0 Å². The van der Waals surface area contributed by atoms with E-state index in [0.717, 1.165) is 18.2 Å². The number of aromatic amines is 1. The molecule has 0 radical (unpaired) electrons. The zero-order chi connectivity index (χ0) is 15.5. The molecule has 116 valence electrons. The molecule has 0 saturated carbocycles. The van der Waals surface area contributed by atoms with E-state index in [2.05, 4.69) is 38.1 Å². The maximum absolute atomic E-state index is 5.61. The van der Waals surface area contributed by atoms with Gasteiger partial charge in [-0.3, -0.25) is 4.98 Å². The van der Waals surface area contributed by atoms with Gasteiger partial charge in [0.25, 0.3) is 0 Å². The number of ether oxygens (including phenoxy) is 1. The normalized spacial score (nSPS) is 15.6. The summed E-state index contributed by atoms with van der Waals surface area (Å²) < 4.78 is 5.61. The molecule has 0 saturated heterocycles. The number of rotatable bonds is 5. The maximum Gasteiger partial charge on any atom is 0.211 e. The first kappa shape index (κ1) is 14.4. The predicted molar refractivity (Wildman–Crippen MR) is 85.3 cm³/mol. The highest BCUT2D eigenvalue weighted by Crippen LogP contribution is 2.26. The Morgan fingerprint density at radius 1 is 1.23 bits per heavy atom. The molecule has 2 aromatic heterocycles. The van der Waals surface area contributed by atoms with E-state index < -0.39 is 0 Å². The molecule has 6 nitrogen and oxygen atoms in total.